The minimum atomic E-state index is -0.674. The van der Waals surface area contributed by atoms with Gasteiger partial charge in [-0.25, -0.2) is 5.48 Å². The van der Waals surface area contributed by atoms with E-state index in [9.17, 15) is 9.59 Å². The molecule has 0 spiro atoms. The lowest BCUT2D eigenvalue weighted by Gasteiger charge is -2.48. The lowest BCUT2D eigenvalue weighted by molar-refractivity contribution is -0.138. The summed E-state index contributed by atoms with van der Waals surface area (Å²) in [5.74, 6) is -0.356. The molecule has 2 aliphatic rings. The van der Waals surface area contributed by atoms with Gasteiger partial charge in [0.1, 0.15) is 5.75 Å². The van der Waals surface area contributed by atoms with Gasteiger partial charge in [0.15, 0.2) is 0 Å². The van der Waals surface area contributed by atoms with Gasteiger partial charge in [-0.3, -0.25) is 14.4 Å². The number of carbonyl (C=O) groups is 2. The third kappa shape index (κ3) is 5.10. The molecule has 0 bridgehead atoms. The highest BCUT2D eigenvalue weighted by Gasteiger charge is 2.48. The van der Waals surface area contributed by atoms with Gasteiger partial charge in [0.2, 0.25) is 0 Å². The second-order valence-corrected chi connectivity index (χ2v) is 9.75. The summed E-state index contributed by atoms with van der Waals surface area (Å²) in [6.07, 6.45) is 3.69. The lowest BCUT2D eigenvalue weighted by Crippen LogP contribution is -2.57. The van der Waals surface area contributed by atoms with Crippen LogP contribution in [0.1, 0.15) is 64.7 Å². The molecule has 1 fully saturated rings. The van der Waals surface area contributed by atoms with Crippen LogP contribution in [0.25, 0.3) is 0 Å². The molecule has 1 aliphatic heterocycles. The largest absolute Gasteiger partial charge is 0.497 e. The van der Waals surface area contributed by atoms with Crippen molar-refractivity contribution in [2.75, 3.05) is 7.11 Å². The number of benzene rings is 3. The Hall–Kier alpha value is -3.68. The van der Waals surface area contributed by atoms with Gasteiger partial charge in [-0.1, -0.05) is 73.5 Å². The van der Waals surface area contributed by atoms with Gasteiger partial charge in [0.05, 0.1) is 25.7 Å². The van der Waals surface area contributed by atoms with Crippen molar-refractivity contribution < 1.29 is 19.2 Å². The maximum absolute atomic E-state index is 14.0. The fourth-order valence-corrected chi connectivity index (χ4v) is 5.67. The van der Waals surface area contributed by atoms with Crippen molar-refractivity contribution in [3.63, 3.8) is 0 Å². The van der Waals surface area contributed by atoms with Crippen molar-refractivity contribution >= 4 is 11.8 Å². The van der Waals surface area contributed by atoms with Crippen molar-refractivity contribution in [3.8, 4) is 5.75 Å². The number of nitrogens with one attached hydrogen (secondary N) is 1. The molecule has 1 saturated carbocycles. The van der Waals surface area contributed by atoms with Crippen molar-refractivity contribution in [1.29, 1.82) is 0 Å². The zero-order valence-corrected chi connectivity index (χ0v) is 21.0. The number of hydroxylamine groups is 1. The molecular weight excluding hydrogens is 466 g/mol. The number of fused-ring (bicyclic) bond motifs is 1. The van der Waals surface area contributed by atoms with E-state index in [1.807, 2.05) is 77.7 Å². The van der Waals surface area contributed by atoms with Crippen molar-refractivity contribution in [1.82, 2.24) is 10.4 Å². The van der Waals surface area contributed by atoms with Gasteiger partial charge in [-0.2, -0.15) is 0 Å². The van der Waals surface area contributed by atoms with Crippen molar-refractivity contribution in [3.05, 3.63) is 101 Å². The van der Waals surface area contributed by atoms with Crippen LogP contribution in [-0.4, -0.2) is 35.9 Å². The monoisotopic (exact) mass is 499 g/mol. The number of hydrogen-bond donors (Lipinski definition) is 2. The maximum Gasteiger partial charge on any atom is 0.255 e. The summed E-state index contributed by atoms with van der Waals surface area (Å²) in [7, 11) is 1.61. The minimum Gasteiger partial charge on any atom is -0.497 e. The predicted molar refractivity (Wildman–Crippen MR) is 141 cm³/mol. The molecule has 0 radical (unpaired) electrons. The number of amides is 2. The quantitative estimate of drug-likeness (QED) is 0.467. The molecule has 3 N–H and O–H groups in total. The highest BCUT2D eigenvalue weighted by atomic mass is 16.6. The molecule has 1 aliphatic carbocycles. The number of nitrogens with two attached hydrogens (primary N) is 1. The number of carbonyl (C=O) groups excluding carboxylic acids is 2. The molecule has 37 heavy (non-hydrogen) atoms. The van der Waals surface area contributed by atoms with Crippen molar-refractivity contribution in [2.45, 2.75) is 56.3 Å². The Balaban J connectivity index is 1.54. The van der Waals surface area contributed by atoms with Crippen LogP contribution >= 0.6 is 0 Å². The molecule has 0 saturated heterocycles. The highest BCUT2D eigenvalue weighted by molar-refractivity contribution is 6.01. The standard InChI is InChI=1S/C30H33N3O4/c1-36-22-17-15-21(16-18-22)28-27(29(34)32-37-19-20-9-3-2-4-10-20)23-11-5-6-12-24(23)30(35)33(28)26-14-8-7-13-25(26)31/h2-6,9-12,15-18,25-28H,7-8,13-14,19,31H2,1H3,(H,32,34). The summed E-state index contributed by atoms with van der Waals surface area (Å²) < 4.78 is 5.36. The van der Waals surface area contributed by atoms with E-state index in [0.717, 1.165) is 36.8 Å². The zero-order valence-electron chi connectivity index (χ0n) is 21.0. The first-order valence-electron chi connectivity index (χ1n) is 12.8. The van der Waals surface area contributed by atoms with Crippen LogP contribution in [0.4, 0.5) is 0 Å². The summed E-state index contributed by atoms with van der Waals surface area (Å²) in [6, 6.07) is 23.7. The third-order valence-electron chi connectivity index (χ3n) is 7.51. The van der Waals surface area contributed by atoms with Gasteiger partial charge in [0.25, 0.3) is 11.8 Å². The molecule has 0 aromatic heterocycles. The molecule has 4 unspecified atom stereocenters. The van der Waals surface area contributed by atoms with E-state index in [-0.39, 0.29) is 30.5 Å². The summed E-state index contributed by atoms with van der Waals surface area (Å²) in [5, 5.41) is 0. The minimum absolute atomic E-state index is 0.0898. The molecule has 3 aromatic rings. The Morgan fingerprint density at radius 2 is 1.68 bits per heavy atom. The molecular formula is C30H33N3O4. The van der Waals surface area contributed by atoms with Crippen molar-refractivity contribution in [2.24, 2.45) is 5.73 Å². The number of methoxy groups -OCH3 is 1. The fourth-order valence-electron chi connectivity index (χ4n) is 5.67. The second-order valence-electron chi connectivity index (χ2n) is 9.75. The van der Waals surface area contributed by atoms with Crippen LogP contribution in [0.2, 0.25) is 0 Å². The van der Waals surface area contributed by atoms with Gasteiger partial charge >= 0.3 is 0 Å². The number of nitrogens with zero attached hydrogens (tertiary/aromatic N) is 1. The molecule has 192 valence electrons. The first-order chi connectivity index (χ1) is 18.1. The summed E-state index contributed by atoms with van der Waals surface area (Å²) in [5.41, 5.74) is 12.3. The predicted octanol–water partition coefficient (Wildman–Crippen LogP) is 4.49. The molecule has 7 heteroatoms. The van der Waals surface area contributed by atoms with E-state index >= 15 is 0 Å². The highest BCUT2D eigenvalue weighted by Crippen LogP contribution is 2.45. The molecule has 2 amide bonds. The normalized spacial score (nSPS) is 23.3. The summed E-state index contributed by atoms with van der Waals surface area (Å²) in [4.78, 5) is 35.4. The van der Waals surface area contributed by atoms with Gasteiger partial charge < -0.3 is 15.4 Å². The van der Waals surface area contributed by atoms with Gasteiger partial charge in [-0.15, -0.1) is 0 Å². The summed E-state index contributed by atoms with van der Waals surface area (Å²) >= 11 is 0. The SMILES string of the molecule is COc1ccc(C2C(C(=O)NOCc3ccccc3)c3ccccc3C(=O)N2C2CCCCC2N)cc1. The van der Waals surface area contributed by atoms with E-state index in [4.69, 9.17) is 15.3 Å². The summed E-state index contributed by atoms with van der Waals surface area (Å²) in [6.45, 7) is 0.240. The van der Waals surface area contributed by atoms with Crippen LogP contribution in [0.15, 0.2) is 78.9 Å². The Morgan fingerprint density at radius 1 is 0.973 bits per heavy atom. The van der Waals surface area contributed by atoms with Crippen LogP contribution in [0.5, 0.6) is 5.75 Å². The van der Waals surface area contributed by atoms with Crippen LogP contribution in [-0.2, 0) is 16.2 Å². The molecule has 5 rings (SSSR count). The lowest BCUT2D eigenvalue weighted by atomic mass is 9.76. The first-order valence-corrected chi connectivity index (χ1v) is 12.8. The molecule has 7 nitrogen and oxygen atoms in total. The van der Waals surface area contributed by atoms with E-state index < -0.39 is 12.0 Å². The Bertz CT molecular complexity index is 1230. The fraction of sp³-hybridized carbons (Fsp3) is 0.333. The number of rotatable bonds is 7. The van der Waals surface area contributed by atoms with E-state index in [0.29, 0.717) is 16.9 Å². The van der Waals surface area contributed by atoms with Crippen LogP contribution < -0.4 is 16.0 Å². The number of ether oxygens (including phenoxy) is 1. The molecule has 4 atom stereocenters. The van der Waals surface area contributed by atoms with Gasteiger partial charge in [0, 0.05) is 17.6 Å². The average molecular weight is 500 g/mol. The molecule has 3 aromatic carbocycles. The Kier molecular flexibility index (Phi) is 7.53. The van der Waals surface area contributed by atoms with E-state index in [1.165, 1.54) is 0 Å². The first kappa shape index (κ1) is 25.0. The van der Waals surface area contributed by atoms with Crippen LogP contribution in [0, 0.1) is 0 Å². The van der Waals surface area contributed by atoms with E-state index in [2.05, 4.69) is 5.48 Å². The van der Waals surface area contributed by atoms with E-state index in [1.54, 1.807) is 13.2 Å². The zero-order chi connectivity index (χ0) is 25.8. The Labute approximate surface area is 217 Å². The topological polar surface area (TPSA) is 93.9 Å². The maximum atomic E-state index is 14.0. The Morgan fingerprint density at radius 3 is 2.41 bits per heavy atom. The molecule has 1 heterocycles. The number of hydrogen-bond acceptors (Lipinski definition) is 5. The van der Waals surface area contributed by atoms with Gasteiger partial charge in [-0.05, 0) is 47.7 Å². The average Bonchev–Trinajstić information content (AvgIpc) is 2.94. The van der Waals surface area contributed by atoms with Crippen LogP contribution in [0.3, 0.4) is 0 Å². The third-order valence-corrected chi connectivity index (χ3v) is 7.51. The second kappa shape index (κ2) is 11.2. The smallest absolute Gasteiger partial charge is 0.255 e.